The van der Waals surface area contributed by atoms with E-state index < -0.39 is 0 Å². The first-order valence-electron chi connectivity index (χ1n) is 11.3. The third kappa shape index (κ3) is 6.36. The average molecular weight is 476 g/mol. The summed E-state index contributed by atoms with van der Waals surface area (Å²) >= 11 is 1.62. The molecule has 0 radical (unpaired) electrons. The second-order valence-corrected chi connectivity index (χ2v) is 8.73. The quantitative estimate of drug-likeness (QED) is 0.232. The predicted octanol–water partition coefficient (Wildman–Crippen LogP) is 4.83. The van der Waals surface area contributed by atoms with Crippen LogP contribution in [-0.4, -0.2) is 39.1 Å². The van der Waals surface area contributed by atoms with Crippen LogP contribution >= 0.6 is 11.8 Å². The molecule has 8 heteroatoms. The SMILES string of the molecule is CCOc1cc(CNCCSc2nnnn2-c2ccccc2)ccc1OCc1ccccc1C. The maximum Gasteiger partial charge on any atom is 0.214 e. The summed E-state index contributed by atoms with van der Waals surface area (Å²) in [6.45, 7) is 6.74. The third-order valence-electron chi connectivity index (χ3n) is 5.23. The summed E-state index contributed by atoms with van der Waals surface area (Å²) < 4.78 is 13.7. The van der Waals surface area contributed by atoms with E-state index in [9.17, 15) is 0 Å². The zero-order valence-corrected chi connectivity index (χ0v) is 20.3. The minimum Gasteiger partial charge on any atom is -0.490 e. The molecule has 0 unspecified atom stereocenters. The number of para-hydroxylation sites is 1. The zero-order chi connectivity index (χ0) is 23.6. The minimum atomic E-state index is 0.518. The fourth-order valence-corrected chi connectivity index (χ4v) is 4.21. The van der Waals surface area contributed by atoms with Crippen molar-refractivity contribution in [2.45, 2.75) is 32.2 Å². The van der Waals surface area contributed by atoms with Crippen molar-refractivity contribution in [3.63, 3.8) is 0 Å². The van der Waals surface area contributed by atoms with E-state index in [2.05, 4.69) is 46.0 Å². The molecule has 0 aliphatic rings. The van der Waals surface area contributed by atoms with Gasteiger partial charge in [0.2, 0.25) is 5.16 Å². The lowest BCUT2D eigenvalue weighted by molar-refractivity contribution is 0.268. The van der Waals surface area contributed by atoms with Gasteiger partial charge in [-0.2, -0.15) is 4.68 Å². The van der Waals surface area contributed by atoms with Gasteiger partial charge in [0.1, 0.15) is 6.61 Å². The maximum atomic E-state index is 6.07. The van der Waals surface area contributed by atoms with E-state index in [4.69, 9.17) is 9.47 Å². The number of hydrogen-bond donors (Lipinski definition) is 1. The molecule has 0 fully saturated rings. The molecular weight excluding hydrogens is 446 g/mol. The molecule has 0 atom stereocenters. The Hall–Kier alpha value is -3.36. The number of benzene rings is 3. The van der Waals surface area contributed by atoms with Crippen LogP contribution < -0.4 is 14.8 Å². The van der Waals surface area contributed by atoms with Crippen molar-refractivity contribution in [1.29, 1.82) is 0 Å². The smallest absolute Gasteiger partial charge is 0.214 e. The predicted molar refractivity (Wildman–Crippen MR) is 135 cm³/mol. The molecule has 1 N–H and O–H groups in total. The number of rotatable bonds is 12. The summed E-state index contributed by atoms with van der Waals surface area (Å²) in [5.74, 6) is 2.38. The Labute approximate surface area is 204 Å². The molecule has 176 valence electrons. The first kappa shape index (κ1) is 23.8. The number of hydrogen-bond acceptors (Lipinski definition) is 7. The summed E-state index contributed by atoms with van der Waals surface area (Å²) in [6.07, 6.45) is 0. The molecule has 4 rings (SSSR count). The Morgan fingerprint density at radius 2 is 1.76 bits per heavy atom. The van der Waals surface area contributed by atoms with E-state index >= 15 is 0 Å². The standard InChI is InChI=1S/C26H29N5O2S/c1-3-32-25-17-21(13-14-24(25)33-19-22-10-8-7-9-20(22)2)18-27-15-16-34-26-28-29-30-31(26)23-11-5-4-6-12-23/h4-14,17,27H,3,15-16,18-19H2,1-2H3. The number of thioether (sulfide) groups is 1. The van der Waals surface area contributed by atoms with Gasteiger partial charge in [-0.05, 0) is 65.2 Å². The molecule has 0 saturated carbocycles. The van der Waals surface area contributed by atoms with E-state index in [0.717, 1.165) is 46.7 Å². The molecule has 0 aliphatic carbocycles. The van der Waals surface area contributed by atoms with Crippen LogP contribution in [0, 0.1) is 6.92 Å². The summed E-state index contributed by atoms with van der Waals surface area (Å²) in [6, 6.07) is 24.3. The Kier molecular flexibility index (Phi) is 8.54. The maximum absolute atomic E-state index is 6.07. The molecule has 0 bridgehead atoms. The number of tetrazole rings is 1. The van der Waals surface area contributed by atoms with Crippen molar-refractivity contribution in [3.05, 3.63) is 89.5 Å². The van der Waals surface area contributed by atoms with Crippen LogP contribution in [0.3, 0.4) is 0 Å². The lowest BCUT2D eigenvalue weighted by atomic mass is 10.1. The highest BCUT2D eigenvalue weighted by Crippen LogP contribution is 2.29. The van der Waals surface area contributed by atoms with Crippen LogP contribution in [0.1, 0.15) is 23.6 Å². The van der Waals surface area contributed by atoms with Crippen LogP contribution in [0.2, 0.25) is 0 Å². The Balaban J connectivity index is 1.28. The molecule has 0 amide bonds. The van der Waals surface area contributed by atoms with E-state index in [0.29, 0.717) is 13.2 Å². The van der Waals surface area contributed by atoms with Gasteiger partial charge in [0.05, 0.1) is 12.3 Å². The molecule has 0 aliphatic heterocycles. The summed E-state index contributed by atoms with van der Waals surface area (Å²) in [5.41, 5.74) is 4.49. The van der Waals surface area contributed by atoms with Gasteiger partial charge in [0.25, 0.3) is 0 Å². The third-order valence-corrected chi connectivity index (χ3v) is 6.15. The topological polar surface area (TPSA) is 74.1 Å². The van der Waals surface area contributed by atoms with Gasteiger partial charge in [-0.1, -0.05) is 60.3 Å². The Morgan fingerprint density at radius 3 is 2.59 bits per heavy atom. The summed E-state index contributed by atoms with van der Waals surface area (Å²) in [5, 5.41) is 16.3. The molecule has 7 nitrogen and oxygen atoms in total. The summed E-state index contributed by atoms with van der Waals surface area (Å²) in [7, 11) is 0. The minimum absolute atomic E-state index is 0.518. The molecule has 0 saturated heterocycles. The number of nitrogens with zero attached hydrogens (tertiary/aromatic N) is 4. The normalized spacial score (nSPS) is 10.9. The fraction of sp³-hybridized carbons (Fsp3) is 0.269. The van der Waals surface area contributed by atoms with Crippen LogP contribution in [0.4, 0.5) is 0 Å². The molecular formula is C26H29N5O2S. The van der Waals surface area contributed by atoms with E-state index in [-0.39, 0.29) is 0 Å². The van der Waals surface area contributed by atoms with Gasteiger partial charge >= 0.3 is 0 Å². The summed E-state index contributed by atoms with van der Waals surface area (Å²) in [4.78, 5) is 0. The van der Waals surface area contributed by atoms with Gasteiger partial charge in [-0.15, -0.1) is 5.10 Å². The molecule has 4 aromatic rings. The highest BCUT2D eigenvalue weighted by molar-refractivity contribution is 7.99. The zero-order valence-electron chi connectivity index (χ0n) is 19.5. The Bertz CT molecular complexity index is 1180. The van der Waals surface area contributed by atoms with Crippen molar-refractivity contribution >= 4 is 11.8 Å². The van der Waals surface area contributed by atoms with Gasteiger partial charge in [-0.3, -0.25) is 0 Å². The highest BCUT2D eigenvalue weighted by Gasteiger charge is 2.10. The molecule has 34 heavy (non-hydrogen) atoms. The molecule has 1 heterocycles. The number of nitrogens with one attached hydrogen (secondary N) is 1. The average Bonchev–Trinajstić information content (AvgIpc) is 3.33. The van der Waals surface area contributed by atoms with Crippen LogP contribution in [0.5, 0.6) is 11.5 Å². The largest absolute Gasteiger partial charge is 0.490 e. The van der Waals surface area contributed by atoms with Crippen molar-refractivity contribution in [1.82, 2.24) is 25.5 Å². The van der Waals surface area contributed by atoms with Crippen molar-refractivity contribution in [3.8, 4) is 17.2 Å². The second kappa shape index (κ2) is 12.2. The molecule has 1 aromatic heterocycles. The lowest BCUT2D eigenvalue weighted by Gasteiger charge is -2.14. The fourth-order valence-electron chi connectivity index (χ4n) is 3.42. The van der Waals surface area contributed by atoms with Gasteiger partial charge in [-0.25, -0.2) is 0 Å². The van der Waals surface area contributed by atoms with Gasteiger partial charge < -0.3 is 14.8 Å². The molecule has 3 aromatic carbocycles. The van der Waals surface area contributed by atoms with Gasteiger partial charge in [0, 0.05) is 18.8 Å². The van der Waals surface area contributed by atoms with Gasteiger partial charge in [0.15, 0.2) is 11.5 Å². The van der Waals surface area contributed by atoms with Crippen molar-refractivity contribution < 1.29 is 9.47 Å². The van der Waals surface area contributed by atoms with E-state index in [1.165, 1.54) is 11.1 Å². The lowest BCUT2D eigenvalue weighted by Crippen LogP contribution is -2.17. The first-order valence-corrected chi connectivity index (χ1v) is 12.3. The van der Waals surface area contributed by atoms with Crippen LogP contribution in [0.15, 0.2) is 78.0 Å². The first-order chi connectivity index (χ1) is 16.7. The van der Waals surface area contributed by atoms with Crippen molar-refractivity contribution in [2.75, 3.05) is 18.9 Å². The Morgan fingerprint density at radius 1 is 0.941 bits per heavy atom. The van der Waals surface area contributed by atoms with E-state index in [1.807, 2.05) is 61.5 Å². The number of ether oxygens (including phenoxy) is 2. The van der Waals surface area contributed by atoms with Crippen LogP contribution in [0.25, 0.3) is 5.69 Å². The monoisotopic (exact) mass is 475 g/mol. The number of aromatic nitrogens is 4. The van der Waals surface area contributed by atoms with E-state index in [1.54, 1.807) is 16.4 Å². The molecule has 0 spiro atoms. The van der Waals surface area contributed by atoms with Crippen molar-refractivity contribution in [2.24, 2.45) is 0 Å². The van der Waals surface area contributed by atoms with Crippen LogP contribution in [-0.2, 0) is 13.2 Å². The highest BCUT2D eigenvalue weighted by atomic mass is 32.2. The number of aryl methyl sites for hydroxylation is 1. The second-order valence-electron chi connectivity index (χ2n) is 7.66.